The minimum atomic E-state index is -0.776. The van der Waals surface area contributed by atoms with Gasteiger partial charge >= 0.3 is 5.69 Å². The maximum atomic E-state index is 11.7. The molecule has 1 aromatic heterocycles. The van der Waals surface area contributed by atoms with Gasteiger partial charge in [0.1, 0.15) is 17.7 Å². The number of carbonyl (C=O) groups excluding carboxylic acids is 1. The summed E-state index contributed by atoms with van der Waals surface area (Å²) >= 11 is 0. The quantitative estimate of drug-likeness (QED) is 0.716. The van der Waals surface area contributed by atoms with Gasteiger partial charge in [0.25, 0.3) is 5.56 Å². The summed E-state index contributed by atoms with van der Waals surface area (Å²) in [6.45, 7) is 1.52. The van der Waals surface area contributed by atoms with E-state index in [0.717, 1.165) is 10.8 Å². The first-order valence-electron chi connectivity index (χ1n) is 4.85. The molecule has 7 nitrogen and oxygen atoms in total. The molecule has 0 radical (unpaired) electrons. The highest BCUT2D eigenvalue weighted by Gasteiger charge is 2.19. The maximum absolute atomic E-state index is 11.7. The van der Waals surface area contributed by atoms with Crippen LogP contribution in [-0.2, 0) is 4.79 Å². The minimum absolute atomic E-state index is 0.206. The number of rotatable bonds is 2. The van der Waals surface area contributed by atoms with Crippen LogP contribution in [0.2, 0.25) is 0 Å². The van der Waals surface area contributed by atoms with Crippen molar-refractivity contribution in [2.45, 2.75) is 13.0 Å². The molecule has 90 valence electrons. The third-order valence-electron chi connectivity index (χ3n) is 2.30. The SMILES string of the molecule is CC(C(=O)N(C)C)n1cc(C#N)c(=O)[nH]c1=O. The molecule has 0 aromatic carbocycles. The fourth-order valence-corrected chi connectivity index (χ4v) is 1.35. The highest BCUT2D eigenvalue weighted by atomic mass is 16.2. The molecule has 0 fully saturated rings. The van der Waals surface area contributed by atoms with Crippen molar-refractivity contribution in [3.8, 4) is 6.07 Å². The lowest BCUT2D eigenvalue weighted by Crippen LogP contribution is -2.38. The van der Waals surface area contributed by atoms with Gasteiger partial charge in [0.2, 0.25) is 5.91 Å². The molecule has 17 heavy (non-hydrogen) atoms. The number of H-pyrrole nitrogens is 1. The van der Waals surface area contributed by atoms with E-state index in [1.807, 2.05) is 4.98 Å². The topological polar surface area (TPSA) is 99.0 Å². The van der Waals surface area contributed by atoms with E-state index in [1.165, 1.54) is 11.8 Å². The van der Waals surface area contributed by atoms with Crippen LogP contribution in [0.25, 0.3) is 0 Å². The van der Waals surface area contributed by atoms with Crippen molar-refractivity contribution in [1.29, 1.82) is 5.26 Å². The summed E-state index contributed by atoms with van der Waals surface area (Å²) in [4.78, 5) is 37.7. The summed E-state index contributed by atoms with van der Waals surface area (Å²) in [5.74, 6) is -0.303. The van der Waals surface area contributed by atoms with E-state index in [0.29, 0.717) is 0 Å². The Morgan fingerprint density at radius 2 is 2.12 bits per heavy atom. The predicted octanol–water partition coefficient (Wildman–Crippen LogP) is -0.943. The molecule has 0 aliphatic rings. The van der Waals surface area contributed by atoms with Gasteiger partial charge in [0.05, 0.1) is 0 Å². The van der Waals surface area contributed by atoms with Crippen molar-refractivity contribution in [2.24, 2.45) is 0 Å². The van der Waals surface area contributed by atoms with E-state index < -0.39 is 17.3 Å². The Labute approximate surface area is 96.9 Å². The Kier molecular flexibility index (Phi) is 3.48. The summed E-state index contributed by atoms with van der Waals surface area (Å²) in [6, 6.07) is 0.881. The lowest BCUT2D eigenvalue weighted by molar-refractivity contribution is -0.131. The first-order chi connectivity index (χ1) is 7.88. The standard InChI is InChI=1S/C10H12N4O3/c1-6(9(16)13(2)3)14-5-7(4-11)8(15)12-10(14)17/h5-6H,1-3H3,(H,12,15,17). The highest BCUT2D eigenvalue weighted by Crippen LogP contribution is 2.04. The normalized spacial score (nSPS) is 11.6. The fraction of sp³-hybridized carbons (Fsp3) is 0.400. The molecule has 0 saturated carbocycles. The Hall–Kier alpha value is -2.36. The number of nitriles is 1. The van der Waals surface area contributed by atoms with Gasteiger partial charge in [-0.15, -0.1) is 0 Å². The van der Waals surface area contributed by atoms with Crippen LogP contribution >= 0.6 is 0 Å². The molecule has 0 aliphatic carbocycles. The van der Waals surface area contributed by atoms with Crippen LogP contribution in [-0.4, -0.2) is 34.5 Å². The van der Waals surface area contributed by atoms with Gasteiger partial charge in [-0.2, -0.15) is 5.26 Å². The van der Waals surface area contributed by atoms with Gasteiger partial charge < -0.3 is 4.90 Å². The molecular weight excluding hydrogens is 224 g/mol. The highest BCUT2D eigenvalue weighted by molar-refractivity contribution is 5.79. The third-order valence-corrected chi connectivity index (χ3v) is 2.30. The lowest BCUT2D eigenvalue weighted by Gasteiger charge is -2.18. The molecule has 0 spiro atoms. The molecule has 1 aromatic rings. The van der Waals surface area contributed by atoms with Crippen molar-refractivity contribution in [3.63, 3.8) is 0 Å². The second-order valence-electron chi connectivity index (χ2n) is 3.73. The van der Waals surface area contributed by atoms with Crippen molar-refractivity contribution in [1.82, 2.24) is 14.5 Å². The van der Waals surface area contributed by atoms with Crippen molar-refractivity contribution in [2.75, 3.05) is 14.1 Å². The van der Waals surface area contributed by atoms with Crippen LogP contribution in [0, 0.1) is 11.3 Å². The van der Waals surface area contributed by atoms with Gasteiger partial charge in [0.15, 0.2) is 0 Å². The van der Waals surface area contributed by atoms with E-state index in [1.54, 1.807) is 20.2 Å². The smallest absolute Gasteiger partial charge is 0.329 e. The average Bonchev–Trinajstić information content (AvgIpc) is 2.27. The molecule has 1 rings (SSSR count). The number of amides is 1. The molecule has 1 amide bonds. The minimum Gasteiger partial charge on any atom is -0.347 e. The average molecular weight is 236 g/mol. The first kappa shape index (κ1) is 12.7. The van der Waals surface area contributed by atoms with E-state index in [2.05, 4.69) is 0 Å². The number of hydrogen-bond donors (Lipinski definition) is 1. The molecule has 0 aliphatic heterocycles. The number of aromatic amines is 1. The zero-order valence-corrected chi connectivity index (χ0v) is 9.72. The molecule has 0 saturated heterocycles. The largest absolute Gasteiger partial charge is 0.347 e. The monoisotopic (exact) mass is 236 g/mol. The van der Waals surface area contributed by atoms with Crippen LogP contribution in [0.4, 0.5) is 0 Å². The lowest BCUT2D eigenvalue weighted by atomic mass is 10.2. The van der Waals surface area contributed by atoms with E-state index in [9.17, 15) is 14.4 Å². The van der Waals surface area contributed by atoms with Crippen molar-refractivity contribution in [3.05, 3.63) is 32.6 Å². The van der Waals surface area contributed by atoms with Gasteiger partial charge in [-0.1, -0.05) is 0 Å². The first-order valence-corrected chi connectivity index (χ1v) is 4.85. The second-order valence-corrected chi connectivity index (χ2v) is 3.73. The molecular formula is C10H12N4O3. The summed E-state index contributed by atoms with van der Waals surface area (Å²) in [7, 11) is 3.11. The van der Waals surface area contributed by atoms with Crippen molar-refractivity contribution >= 4 is 5.91 Å². The Bertz CT molecular complexity index is 591. The van der Waals surface area contributed by atoms with Gasteiger partial charge in [0, 0.05) is 20.3 Å². The summed E-state index contributed by atoms with van der Waals surface area (Å²) in [6.07, 6.45) is 1.09. The second kappa shape index (κ2) is 4.65. The molecule has 1 heterocycles. The van der Waals surface area contributed by atoms with E-state index in [-0.39, 0.29) is 11.5 Å². The number of hydrogen-bond acceptors (Lipinski definition) is 4. The number of aromatic nitrogens is 2. The summed E-state index contributed by atoms with van der Waals surface area (Å²) in [5, 5.41) is 8.68. The van der Waals surface area contributed by atoms with Crippen molar-refractivity contribution < 1.29 is 4.79 Å². The Morgan fingerprint density at radius 1 is 1.53 bits per heavy atom. The van der Waals surface area contributed by atoms with Gasteiger partial charge in [-0.05, 0) is 6.92 Å². The molecule has 1 unspecified atom stereocenters. The van der Waals surface area contributed by atoms with Crippen LogP contribution in [0.3, 0.4) is 0 Å². The van der Waals surface area contributed by atoms with Gasteiger partial charge in [-0.3, -0.25) is 19.1 Å². The molecule has 1 N–H and O–H groups in total. The summed E-state index contributed by atoms with van der Waals surface area (Å²) in [5.41, 5.74) is -1.67. The zero-order chi connectivity index (χ0) is 13.2. The van der Waals surface area contributed by atoms with Crippen LogP contribution in [0.1, 0.15) is 18.5 Å². The predicted molar refractivity (Wildman–Crippen MR) is 59.4 cm³/mol. The van der Waals surface area contributed by atoms with Crippen LogP contribution in [0.15, 0.2) is 15.8 Å². The number of carbonyl (C=O) groups is 1. The van der Waals surface area contributed by atoms with Crippen LogP contribution in [0.5, 0.6) is 0 Å². The maximum Gasteiger partial charge on any atom is 0.329 e. The number of nitrogens with zero attached hydrogens (tertiary/aromatic N) is 3. The fourth-order valence-electron chi connectivity index (χ4n) is 1.35. The zero-order valence-electron chi connectivity index (χ0n) is 9.72. The van der Waals surface area contributed by atoms with E-state index in [4.69, 9.17) is 5.26 Å². The summed E-state index contributed by atoms with van der Waals surface area (Å²) < 4.78 is 1.03. The Balaban J connectivity index is 3.34. The Morgan fingerprint density at radius 3 is 2.59 bits per heavy atom. The third kappa shape index (κ3) is 2.42. The van der Waals surface area contributed by atoms with E-state index >= 15 is 0 Å². The van der Waals surface area contributed by atoms with Gasteiger partial charge in [-0.25, -0.2) is 4.79 Å². The number of likely N-dealkylation sites (N-methyl/N-ethyl adjacent to an activating group) is 1. The molecule has 7 heteroatoms. The number of nitrogens with one attached hydrogen (secondary N) is 1. The molecule has 1 atom stereocenters. The molecule has 0 bridgehead atoms. The van der Waals surface area contributed by atoms with Crippen LogP contribution < -0.4 is 11.2 Å².